The molecule has 5 nitrogen and oxygen atoms in total. The van der Waals surface area contributed by atoms with E-state index in [-0.39, 0.29) is 0 Å². The molecular formula is C51H30N4O. The van der Waals surface area contributed by atoms with Crippen LogP contribution in [0.4, 0.5) is 0 Å². The van der Waals surface area contributed by atoms with E-state index in [1.807, 2.05) is 60.7 Å². The second-order valence-corrected chi connectivity index (χ2v) is 14.4. The number of rotatable bonds is 4. The van der Waals surface area contributed by atoms with Crippen LogP contribution in [0.2, 0.25) is 0 Å². The Balaban J connectivity index is 1.14. The second-order valence-electron chi connectivity index (χ2n) is 14.4. The Morgan fingerprint density at radius 3 is 1.45 bits per heavy atom. The fourth-order valence-electron chi connectivity index (χ4n) is 8.55. The molecule has 56 heavy (non-hydrogen) atoms. The van der Waals surface area contributed by atoms with Gasteiger partial charge in [0, 0.05) is 50.0 Å². The summed E-state index contributed by atoms with van der Waals surface area (Å²) in [7, 11) is 0. The lowest BCUT2D eigenvalue weighted by molar-refractivity contribution is 0.669. The molecule has 0 atom stereocenters. The lowest BCUT2D eigenvalue weighted by atomic mass is 9.97. The van der Waals surface area contributed by atoms with E-state index in [9.17, 15) is 0 Å². The van der Waals surface area contributed by atoms with E-state index in [1.165, 1.54) is 32.3 Å². The van der Waals surface area contributed by atoms with Crippen molar-refractivity contribution in [2.75, 3.05) is 0 Å². The van der Waals surface area contributed by atoms with Crippen molar-refractivity contribution in [2.24, 2.45) is 0 Å². The molecule has 0 aliphatic rings. The summed E-state index contributed by atoms with van der Waals surface area (Å²) < 4.78 is 9.26. The predicted octanol–water partition coefficient (Wildman–Crippen LogP) is 13.3. The first-order valence-electron chi connectivity index (χ1n) is 18.8. The summed E-state index contributed by atoms with van der Waals surface area (Å²) in [5.74, 6) is 1.85. The summed E-state index contributed by atoms with van der Waals surface area (Å²) in [6.07, 6.45) is 0. The average molecular weight is 715 g/mol. The third-order valence-corrected chi connectivity index (χ3v) is 11.1. The van der Waals surface area contributed by atoms with Crippen molar-refractivity contribution in [3.63, 3.8) is 0 Å². The maximum absolute atomic E-state index is 6.87. The Labute approximate surface area is 320 Å². The van der Waals surface area contributed by atoms with Gasteiger partial charge in [-0.15, -0.1) is 0 Å². The molecular weight excluding hydrogens is 685 g/mol. The minimum atomic E-state index is 0.604. The van der Waals surface area contributed by atoms with Crippen LogP contribution in [0.5, 0.6) is 0 Å². The zero-order chi connectivity index (χ0) is 36.7. The summed E-state index contributed by atoms with van der Waals surface area (Å²) in [5.41, 5.74) is 7.71. The van der Waals surface area contributed by atoms with Gasteiger partial charge < -0.3 is 8.98 Å². The molecule has 0 fully saturated rings. The number of hydrogen-bond donors (Lipinski definition) is 0. The van der Waals surface area contributed by atoms with Crippen molar-refractivity contribution in [3.05, 3.63) is 182 Å². The molecule has 0 bridgehead atoms. The maximum Gasteiger partial charge on any atom is 0.165 e. The Morgan fingerprint density at radius 2 is 0.857 bits per heavy atom. The van der Waals surface area contributed by atoms with Gasteiger partial charge in [-0.05, 0) is 74.8 Å². The van der Waals surface area contributed by atoms with Gasteiger partial charge in [0.1, 0.15) is 11.2 Å². The van der Waals surface area contributed by atoms with Gasteiger partial charge >= 0.3 is 0 Å². The Kier molecular flexibility index (Phi) is 6.56. The molecule has 9 aromatic carbocycles. The van der Waals surface area contributed by atoms with Gasteiger partial charge in [-0.25, -0.2) is 15.0 Å². The Hall–Kier alpha value is -7.63. The van der Waals surface area contributed by atoms with Crippen LogP contribution in [0.3, 0.4) is 0 Å². The molecule has 0 unspecified atom stereocenters. The number of aromatic nitrogens is 4. The smallest absolute Gasteiger partial charge is 0.165 e. The van der Waals surface area contributed by atoms with Crippen molar-refractivity contribution in [3.8, 4) is 39.9 Å². The highest BCUT2D eigenvalue weighted by molar-refractivity contribution is 6.21. The van der Waals surface area contributed by atoms with Crippen LogP contribution in [-0.2, 0) is 0 Å². The largest absolute Gasteiger partial charge is 0.456 e. The zero-order valence-electron chi connectivity index (χ0n) is 30.0. The van der Waals surface area contributed by atoms with Crippen molar-refractivity contribution >= 4 is 76.1 Å². The van der Waals surface area contributed by atoms with E-state index < -0.39 is 0 Å². The maximum atomic E-state index is 6.87. The number of nitrogens with zero attached hydrogens (tertiary/aromatic N) is 4. The highest BCUT2D eigenvalue weighted by Gasteiger charge is 2.22. The fraction of sp³-hybridized carbons (Fsp3) is 0. The van der Waals surface area contributed by atoms with Crippen LogP contribution in [0.25, 0.3) is 116 Å². The summed E-state index contributed by atoms with van der Waals surface area (Å²) in [4.78, 5) is 15.4. The highest BCUT2D eigenvalue weighted by atomic mass is 16.3. The average Bonchev–Trinajstić information content (AvgIpc) is 3.77. The van der Waals surface area contributed by atoms with E-state index in [0.29, 0.717) is 17.5 Å². The molecule has 0 aliphatic heterocycles. The van der Waals surface area contributed by atoms with Crippen molar-refractivity contribution in [2.45, 2.75) is 0 Å². The summed E-state index contributed by atoms with van der Waals surface area (Å²) in [5, 5.41) is 11.4. The van der Waals surface area contributed by atoms with Crippen molar-refractivity contribution in [1.82, 2.24) is 19.5 Å². The normalized spacial score (nSPS) is 11.9. The lowest BCUT2D eigenvalue weighted by Gasteiger charge is -2.12. The molecule has 0 spiro atoms. The molecule has 3 heterocycles. The van der Waals surface area contributed by atoms with Crippen molar-refractivity contribution in [1.29, 1.82) is 0 Å². The summed E-state index contributed by atoms with van der Waals surface area (Å²) in [6.45, 7) is 0. The minimum absolute atomic E-state index is 0.604. The van der Waals surface area contributed by atoms with Gasteiger partial charge in [0.15, 0.2) is 17.5 Å². The molecule has 0 saturated heterocycles. The fourth-order valence-corrected chi connectivity index (χ4v) is 8.55. The zero-order valence-corrected chi connectivity index (χ0v) is 30.0. The van der Waals surface area contributed by atoms with Gasteiger partial charge in [-0.3, -0.25) is 0 Å². The molecule has 0 amide bonds. The third kappa shape index (κ3) is 4.71. The van der Waals surface area contributed by atoms with Gasteiger partial charge in [0.05, 0.1) is 11.0 Å². The summed E-state index contributed by atoms with van der Waals surface area (Å²) in [6, 6.07) is 63.9. The van der Waals surface area contributed by atoms with Gasteiger partial charge in [-0.1, -0.05) is 133 Å². The van der Waals surface area contributed by atoms with Crippen LogP contribution in [-0.4, -0.2) is 19.5 Å². The molecule has 0 saturated carbocycles. The monoisotopic (exact) mass is 714 g/mol. The molecule has 260 valence electrons. The van der Waals surface area contributed by atoms with Gasteiger partial charge in [0.2, 0.25) is 0 Å². The third-order valence-electron chi connectivity index (χ3n) is 11.1. The molecule has 3 aromatic heterocycles. The molecule has 0 radical (unpaired) electrons. The topological polar surface area (TPSA) is 56.7 Å². The van der Waals surface area contributed by atoms with Gasteiger partial charge in [-0.2, -0.15) is 0 Å². The van der Waals surface area contributed by atoms with Crippen LogP contribution in [0, 0.1) is 0 Å². The van der Waals surface area contributed by atoms with Crippen LogP contribution < -0.4 is 0 Å². The van der Waals surface area contributed by atoms with E-state index in [0.717, 1.165) is 66.1 Å². The standard InChI is InChI=1S/C51H30N4O/c1-3-13-31(14-4-1)49-52-50(32-15-5-2-6-16-32)54-51(53-49)48-39-22-12-11-21-37(39)29-46-47(48)40-24-23-38(30-45(40)56-46)55-43-27-35-19-9-7-17-33(35)25-41(43)42-26-34-18-8-10-20-36(34)28-44(42)55/h1-30H. The van der Waals surface area contributed by atoms with E-state index in [4.69, 9.17) is 19.4 Å². The quantitative estimate of drug-likeness (QED) is 0.182. The first-order chi connectivity index (χ1) is 27.7. The van der Waals surface area contributed by atoms with Crippen molar-refractivity contribution < 1.29 is 4.42 Å². The van der Waals surface area contributed by atoms with Crippen LogP contribution in [0.15, 0.2) is 186 Å². The Morgan fingerprint density at radius 1 is 0.357 bits per heavy atom. The minimum Gasteiger partial charge on any atom is -0.456 e. The number of hydrogen-bond acceptors (Lipinski definition) is 4. The van der Waals surface area contributed by atoms with E-state index in [1.54, 1.807) is 0 Å². The summed E-state index contributed by atoms with van der Waals surface area (Å²) >= 11 is 0. The molecule has 12 aromatic rings. The Bertz CT molecular complexity index is 3380. The predicted molar refractivity (Wildman–Crippen MR) is 230 cm³/mol. The number of benzene rings is 9. The molecule has 5 heteroatoms. The molecule has 0 aliphatic carbocycles. The number of furan rings is 1. The molecule has 0 N–H and O–H groups in total. The first kappa shape index (κ1) is 30.8. The SMILES string of the molecule is c1ccc(-c2nc(-c3ccccc3)nc(-c3c4ccccc4cc4oc5cc(-n6c7cc8ccccc8cc7c7cc8ccccc8cc76)ccc5c34)n2)cc1. The molecule has 12 rings (SSSR count). The number of fused-ring (bicyclic) bond motifs is 9. The second kappa shape index (κ2) is 11.9. The van der Waals surface area contributed by atoms with Gasteiger partial charge in [0.25, 0.3) is 0 Å². The van der Waals surface area contributed by atoms with Crippen LogP contribution in [0.1, 0.15) is 0 Å². The van der Waals surface area contributed by atoms with E-state index >= 15 is 0 Å². The highest BCUT2D eigenvalue weighted by Crippen LogP contribution is 2.43. The van der Waals surface area contributed by atoms with Crippen LogP contribution >= 0.6 is 0 Å². The lowest BCUT2D eigenvalue weighted by Crippen LogP contribution is -2.01. The van der Waals surface area contributed by atoms with E-state index in [2.05, 4.69) is 126 Å². The first-order valence-corrected chi connectivity index (χ1v) is 18.8.